The number of piperidine rings is 1. The van der Waals surface area contributed by atoms with Gasteiger partial charge in [0.15, 0.2) is 0 Å². The molecule has 1 unspecified atom stereocenters. The van der Waals surface area contributed by atoms with Gasteiger partial charge in [-0.15, -0.1) is 0 Å². The predicted octanol–water partition coefficient (Wildman–Crippen LogP) is 1.78. The van der Waals surface area contributed by atoms with E-state index in [1.165, 1.54) is 12.8 Å². The van der Waals surface area contributed by atoms with Gasteiger partial charge in [-0.1, -0.05) is 24.6 Å². The highest BCUT2D eigenvalue weighted by atomic mass is 16.5. The Hall–Kier alpha value is -1.39. The number of ether oxygens (including phenoxy) is 1. The minimum absolute atomic E-state index is 0.1000. The number of carbonyl (C=O) groups excluding carboxylic acids is 1. The summed E-state index contributed by atoms with van der Waals surface area (Å²) in [4.78, 5) is 11.6. The molecule has 0 aromatic heterocycles. The molecular weight excluding hydrogens is 228 g/mol. The number of hydrogen-bond acceptors (Lipinski definition) is 3. The summed E-state index contributed by atoms with van der Waals surface area (Å²) in [5, 5.41) is 6.18. The van der Waals surface area contributed by atoms with Gasteiger partial charge in [0.05, 0.1) is 6.61 Å². The van der Waals surface area contributed by atoms with Crippen LogP contribution in [0.5, 0.6) is 0 Å². The molecule has 2 N–H and O–H groups in total. The lowest BCUT2D eigenvalue weighted by Gasteiger charge is -2.22. The van der Waals surface area contributed by atoms with Gasteiger partial charge in [0.1, 0.15) is 6.61 Å². The van der Waals surface area contributed by atoms with E-state index in [1.54, 1.807) is 0 Å². The van der Waals surface area contributed by atoms with Crippen LogP contribution >= 0.6 is 0 Å². The molecular formula is C14H20N2O2. The minimum atomic E-state index is -0.1000. The third-order valence-corrected chi connectivity index (χ3v) is 3.02. The van der Waals surface area contributed by atoms with Crippen LogP contribution in [0.3, 0.4) is 0 Å². The number of rotatable bonds is 5. The standard InChI is InChI=1S/C14H20N2O2/c17-14(16-12-6-2-1-3-7-12)11-18-10-13-8-4-5-9-15-13/h1-3,6-7,13,15H,4-5,8-11H2,(H,16,17). The lowest BCUT2D eigenvalue weighted by Crippen LogP contribution is -2.38. The number of para-hydroxylation sites is 1. The molecule has 1 atom stereocenters. The van der Waals surface area contributed by atoms with E-state index >= 15 is 0 Å². The van der Waals surface area contributed by atoms with Crippen LogP contribution in [0.2, 0.25) is 0 Å². The molecule has 1 aliphatic rings. The van der Waals surface area contributed by atoms with E-state index in [0.29, 0.717) is 12.6 Å². The van der Waals surface area contributed by atoms with Crippen LogP contribution < -0.4 is 10.6 Å². The number of hydrogen-bond donors (Lipinski definition) is 2. The summed E-state index contributed by atoms with van der Waals surface area (Å²) in [7, 11) is 0. The first-order valence-electron chi connectivity index (χ1n) is 6.50. The van der Waals surface area contributed by atoms with E-state index in [9.17, 15) is 4.79 Å². The van der Waals surface area contributed by atoms with E-state index in [2.05, 4.69) is 10.6 Å². The van der Waals surface area contributed by atoms with Gasteiger partial charge in [-0.3, -0.25) is 4.79 Å². The second kappa shape index (κ2) is 7.13. The first kappa shape index (κ1) is 13.1. The highest BCUT2D eigenvalue weighted by Gasteiger charge is 2.12. The Morgan fingerprint density at radius 2 is 2.17 bits per heavy atom. The molecule has 2 rings (SSSR count). The summed E-state index contributed by atoms with van der Waals surface area (Å²) >= 11 is 0. The topological polar surface area (TPSA) is 50.4 Å². The molecule has 1 amide bonds. The molecule has 0 radical (unpaired) electrons. The molecule has 98 valence electrons. The number of benzene rings is 1. The van der Waals surface area contributed by atoms with Crippen LogP contribution in [0.25, 0.3) is 0 Å². The van der Waals surface area contributed by atoms with E-state index in [-0.39, 0.29) is 12.5 Å². The van der Waals surface area contributed by atoms with Crippen molar-refractivity contribution in [2.45, 2.75) is 25.3 Å². The first-order valence-corrected chi connectivity index (χ1v) is 6.50. The Morgan fingerprint density at radius 3 is 2.89 bits per heavy atom. The van der Waals surface area contributed by atoms with Gasteiger partial charge in [-0.25, -0.2) is 0 Å². The molecule has 4 nitrogen and oxygen atoms in total. The second-order valence-electron chi connectivity index (χ2n) is 4.58. The summed E-state index contributed by atoms with van der Waals surface area (Å²) in [6.07, 6.45) is 3.63. The number of carbonyl (C=O) groups is 1. The van der Waals surface area contributed by atoms with Gasteiger partial charge in [0.25, 0.3) is 0 Å². The molecule has 1 aromatic rings. The van der Waals surface area contributed by atoms with E-state index in [4.69, 9.17) is 4.74 Å². The maximum atomic E-state index is 11.6. The maximum Gasteiger partial charge on any atom is 0.250 e. The van der Waals surface area contributed by atoms with Crippen molar-refractivity contribution < 1.29 is 9.53 Å². The Kier molecular flexibility index (Phi) is 5.17. The maximum absolute atomic E-state index is 11.6. The molecule has 1 fully saturated rings. The molecule has 1 aromatic carbocycles. The zero-order valence-corrected chi connectivity index (χ0v) is 10.5. The molecule has 1 saturated heterocycles. The smallest absolute Gasteiger partial charge is 0.250 e. The number of amides is 1. The van der Waals surface area contributed by atoms with Gasteiger partial charge < -0.3 is 15.4 Å². The molecule has 4 heteroatoms. The third-order valence-electron chi connectivity index (χ3n) is 3.02. The van der Waals surface area contributed by atoms with Crippen LogP contribution in [0.1, 0.15) is 19.3 Å². The summed E-state index contributed by atoms with van der Waals surface area (Å²) in [6.45, 7) is 1.79. The Morgan fingerprint density at radius 1 is 1.33 bits per heavy atom. The molecule has 1 heterocycles. The summed E-state index contributed by atoms with van der Waals surface area (Å²) < 4.78 is 5.43. The van der Waals surface area contributed by atoms with Crippen molar-refractivity contribution in [2.24, 2.45) is 0 Å². The summed E-state index contributed by atoms with van der Waals surface area (Å²) in [5.74, 6) is -0.1000. The van der Waals surface area contributed by atoms with Crippen molar-refractivity contribution in [1.29, 1.82) is 0 Å². The zero-order valence-electron chi connectivity index (χ0n) is 10.5. The van der Waals surface area contributed by atoms with Crippen molar-refractivity contribution in [3.8, 4) is 0 Å². The Balaban J connectivity index is 1.62. The Bertz CT molecular complexity index is 361. The molecule has 0 saturated carbocycles. The number of nitrogens with one attached hydrogen (secondary N) is 2. The monoisotopic (exact) mass is 248 g/mol. The van der Waals surface area contributed by atoms with E-state index in [0.717, 1.165) is 18.7 Å². The van der Waals surface area contributed by atoms with Crippen molar-refractivity contribution >= 4 is 11.6 Å². The van der Waals surface area contributed by atoms with Crippen LogP contribution in [0, 0.1) is 0 Å². The normalized spacial score (nSPS) is 19.4. The lowest BCUT2D eigenvalue weighted by molar-refractivity contribution is -0.120. The van der Waals surface area contributed by atoms with Crippen LogP contribution in [-0.4, -0.2) is 31.7 Å². The quantitative estimate of drug-likeness (QED) is 0.835. The van der Waals surface area contributed by atoms with Gasteiger partial charge in [-0.05, 0) is 31.5 Å². The first-order chi connectivity index (χ1) is 8.84. The summed E-state index contributed by atoms with van der Waals surface area (Å²) in [6, 6.07) is 9.83. The number of anilines is 1. The Labute approximate surface area is 108 Å². The van der Waals surface area contributed by atoms with Gasteiger partial charge in [-0.2, -0.15) is 0 Å². The fourth-order valence-corrected chi connectivity index (χ4v) is 2.08. The zero-order chi connectivity index (χ0) is 12.6. The molecule has 0 bridgehead atoms. The third kappa shape index (κ3) is 4.47. The average Bonchev–Trinajstić information content (AvgIpc) is 2.41. The van der Waals surface area contributed by atoms with Gasteiger partial charge >= 0.3 is 0 Å². The SMILES string of the molecule is O=C(COCC1CCCCN1)Nc1ccccc1. The fraction of sp³-hybridized carbons (Fsp3) is 0.500. The lowest BCUT2D eigenvalue weighted by atomic mass is 10.1. The second-order valence-corrected chi connectivity index (χ2v) is 4.58. The molecule has 1 aliphatic heterocycles. The predicted molar refractivity (Wildman–Crippen MR) is 71.5 cm³/mol. The average molecular weight is 248 g/mol. The van der Waals surface area contributed by atoms with E-state index < -0.39 is 0 Å². The van der Waals surface area contributed by atoms with Crippen molar-refractivity contribution in [2.75, 3.05) is 25.1 Å². The van der Waals surface area contributed by atoms with Gasteiger partial charge in [0, 0.05) is 11.7 Å². The highest BCUT2D eigenvalue weighted by Crippen LogP contribution is 2.07. The van der Waals surface area contributed by atoms with Crippen molar-refractivity contribution in [3.63, 3.8) is 0 Å². The van der Waals surface area contributed by atoms with Crippen molar-refractivity contribution in [1.82, 2.24) is 5.32 Å². The van der Waals surface area contributed by atoms with Crippen molar-refractivity contribution in [3.05, 3.63) is 30.3 Å². The fourth-order valence-electron chi connectivity index (χ4n) is 2.08. The van der Waals surface area contributed by atoms with Crippen LogP contribution in [0.4, 0.5) is 5.69 Å². The largest absolute Gasteiger partial charge is 0.370 e. The minimum Gasteiger partial charge on any atom is -0.370 e. The van der Waals surface area contributed by atoms with Crippen LogP contribution in [0.15, 0.2) is 30.3 Å². The highest BCUT2D eigenvalue weighted by molar-refractivity contribution is 5.91. The molecule has 18 heavy (non-hydrogen) atoms. The van der Waals surface area contributed by atoms with E-state index in [1.807, 2.05) is 30.3 Å². The van der Waals surface area contributed by atoms with Gasteiger partial charge in [0.2, 0.25) is 5.91 Å². The summed E-state index contributed by atoms with van der Waals surface area (Å²) in [5.41, 5.74) is 0.807. The molecule has 0 spiro atoms. The van der Waals surface area contributed by atoms with Crippen LogP contribution in [-0.2, 0) is 9.53 Å². The molecule has 0 aliphatic carbocycles.